The Morgan fingerprint density at radius 1 is 1.06 bits per heavy atom. The van der Waals surface area contributed by atoms with E-state index in [1.165, 1.54) is 12.1 Å². The van der Waals surface area contributed by atoms with Gasteiger partial charge in [-0.1, -0.05) is 20.8 Å². The summed E-state index contributed by atoms with van der Waals surface area (Å²) in [6, 6.07) is 4.21. The van der Waals surface area contributed by atoms with Crippen molar-refractivity contribution >= 4 is 5.69 Å². The van der Waals surface area contributed by atoms with Gasteiger partial charge in [0.15, 0.2) is 11.6 Å². The molecule has 1 nitrogen and oxygen atoms in total. The molecule has 3 heteroatoms. The molecule has 0 radical (unpaired) electrons. The first-order chi connectivity index (χ1) is 8.38. The molecule has 1 aliphatic heterocycles. The van der Waals surface area contributed by atoms with Crippen molar-refractivity contribution in [2.24, 2.45) is 23.2 Å². The van der Waals surface area contributed by atoms with Gasteiger partial charge in [-0.05, 0) is 35.3 Å². The van der Waals surface area contributed by atoms with Crippen molar-refractivity contribution in [3.63, 3.8) is 0 Å². The molecule has 2 aliphatic rings. The molecule has 0 spiro atoms. The van der Waals surface area contributed by atoms with E-state index in [1.54, 1.807) is 6.07 Å². The van der Waals surface area contributed by atoms with Crippen molar-refractivity contribution < 1.29 is 8.78 Å². The predicted molar refractivity (Wildman–Crippen MR) is 68.5 cm³/mol. The van der Waals surface area contributed by atoms with Crippen LogP contribution in [0, 0.1) is 34.8 Å². The smallest absolute Gasteiger partial charge is 0.160 e. The molecule has 1 saturated heterocycles. The van der Waals surface area contributed by atoms with Gasteiger partial charge in [-0.25, -0.2) is 8.78 Å². The van der Waals surface area contributed by atoms with Crippen LogP contribution in [0.5, 0.6) is 0 Å². The Kier molecular flexibility index (Phi) is 2.45. The average molecular weight is 251 g/mol. The van der Waals surface area contributed by atoms with E-state index in [9.17, 15) is 8.78 Å². The van der Waals surface area contributed by atoms with Crippen molar-refractivity contribution in [1.82, 2.24) is 0 Å². The summed E-state index contributed by atoms with van der Waals surface area (Å²) in [6.45, 7) is 8.84. The van der Waals surface area contributed by atoms with Gasteiger partial charge in [0.05, 0.1) is 0 Å². The number of benzene rings is 1. The molecule has 1 aliphatic carbocycles. The first-order valence-electron chi connectivity index (χ1n) is 6.58. The molecule has 2 atom stereocenters. The number of piperidine rings is 1. The van der Waals surface area contributed by atoms with Gasteiger partial charge < -0.3 is 4.90 Å². The maximum Gasteiger partial charge on any atom is 0.160 e. The summed E-state index contributed by atoms with van der Waals surface area (Å²) < 4.78 is 26.1. The molecule has 18 heavy (non-hydrogen) atoms. The van der Waals surface area contributed by atoms with Gasteiger partial charge in [0.2, 0.25) is 0 Å². The summed E-state index contributed by atoms with van der Waals surface area (Å²) in [5.41, 5.74) is 1.18. The maximum atomic E-state index is 13.2. The maximum absolute atomic E-state index is 13.2. The van der Waals surface area contributed by atoms with Crippen molar-refractivity contribution in [2.45, 2.75) is 20.8 Å². The molecular weight excluding hydrogens is 232 g/mol. The van der Waals surface area contributed by atoms with Gasteiger partial charge in [0, 0.05) is 24.8 Å². The molecular formula is C15H19F2N. The third kappa shape index (κ3) is 1.80. The van der Waals surface area contributed by atoms with Gasteiger partial charge in [-0.15, -0.1) is 0 Å². The van der Waals surface area contributed by atoms with E-state index < -0.39 is 11.6 Å². The lowest BCUT2D eigenvalue weighted by Gasteiger charge is -2.27. The molecule has 3 rings (SSSR count). The van der Waals surface area contributed by atoms with Crippen LogP contribution in [0.2, 0.25) is 0 Å². The lowest BCUT2D eigenvalue weighted by Crippen LogP contribution is -2.27. The zero-order valence-corrected chi connectivity index (χ0v) is 11.1. The summed E-state index contributed by atoms with van der Waals surface area (Å²) in [5.74, 6) is 0.742. The Balaban J connectivity index is 1.71. The van der Waals surface area contributed by atoms with Gasteiger partial charge in [0.25, 0.3) is 0 Å². The van der Waals surface area contributed by atoms with Crippen LogP contribution in [0.4, 0.5) is 14.5 Å². The molecule has 2 fully saturated rings. The van der Waals surface area contributed by atoms with Crippen molar-refractivity contribution in [3.05, 3.63) is 29.8 Å². The van der Waals surface area contributed by atoms with Crippen LogP contribution in [0.25, 0.3) is 0 Å². The molecule has 0 amide bonds. The van der Waals surface area contributed by atoms with Gasteiger partial charge in [-0.3, -0.25) is 0 Å². The van der Waals surface area contributed by atoms with E-state index in [4.69, 9.17) is 0 Å². The second kappa shape index (κ2) is 3.69. The molecule has 1 aromatic carbocycles. The molecule has 2 unspecified atom stereocenters. The zero-order valence-electron chi connectivity index (χ0n) is 11.1. The fourth-order valence-corrected chi connectivity index (χ4v) is 3.70. The Labute approximate surface area is 107 Å². The van der Waals surface area contributed by atoms with Crippen LogP contribution >= 0.6 is 0 Å². The quantitative estimate of drug-likeness (QED) is 0.735. The van der Waals surface area contributed by atoms with Crippen LogP contribution in [0.1, 0.15) is 20.8 Å². The van der Waals surface area contributed by atoms with E-state index in [2.05, 4.69) is 25.7 Å². The molecule has 1 saturated carbocycles. The lowest BCUT2D eigenvalue weighted by molar-refractivity contribution is 0.309. The molecule has 1 aromatic rings. The summed E-state index contributed by atoms with van der Waals surface area (Å²) in [5, 5.41) is 0. The van der Waals surface area contributed by atoms with Crippen LogP contribution in [-0.2, 0) is 0 Å². The van der Waals surface area contributed by atoms with Gasteiger partial charge >= 0.3 is 0 Å². The van der Waals surface area contributed by atoms with Gasteiger partial charge in [0.1, 0.15) is 0 Å². The second-order valence-electron chi connectivity index (χ2n) is 6.72. The number of fused-ring (bicyclic) bond motifs is 1. The van der Waals surface area contributed by atoms with E-state index in [0.29, 0.717) is 5.41 Å². The van der Waals surface area contributed by atoms with E-state index in [-0.39, 0.29) is 0 Å². The highest BCUT2D eigenvalue weighted by Gasteiger charge is 2.59. The van der Waals surface area contributed by atoms with Crippen molar-refractivity contribution in [2.75, 3.05) is 18.0 Å². The monoisotopic (exact) mass is 251 g/mol. The lowest BCUT2D eigenvalue weighted by atomic mass is 9.87. The van der Waals surface area contributed by atoms with Crippen molar-refractivity contribution in [3.8, 4) is 0 Å². The zero-order chi connectivity index (χ0) is 13.1. The molecule has 1 heterocycles. The van der Waals surface area contributed by atoms with Gasteiger partial charge in [-0.2, -0.15) is 0 Å². The van der Waals surface area contributed by atoms with E-state index >= 15 is 0 Å². The molecule has 0 N–H and O–H groups in total. The number of hydrogen-bond acceptors (Lipinski definition) is 1. The normalized spacial score (nSPS) is 30.5. The minimum Gasteiger partial charge on any atom is -0.371 e. The summed E-state index contributed by atoms with van der Waals surface area (Å²) in [4.78, 5) is 2.18. The first-order valence-corrected chi connectivity index (χ1v) is 6.58. The standard InChI is InChI=1S/C15H19F2N/c1-15(2,3)14-10-7-18(8-11(10)14)9-4-5-12(16)13(17)6-9/h4-6,10-11,14H,7-8H2,1-3H3. The minimum atomic E-state index is -0.768. The minimum absolute atomic E-state index is 0.371. The molecule has 98 valence electrons. The first kappa shape index (κ1) is 11.9. The highest BCUT2D eigenvalue weighted by molar-refractivity contribution is 5.49. The number of halogens is 2. The van der Waals surface area contributed by atoms with Crippen LogP contribution in [0.15, 0.2) is 18.2 Å². The molecule has 0 bridgehead atoms. The largest absolute Gasteiger partial charge is 0.371 e. The Bertz CT molecular complexity index is 466. The van der Waals surface area contributed by atoms with Crippen LogP contribution in [-0.4, -0.2) is 13.1 Å². The highest BCUT2D eigenvalue weighted by atomic mass is 19.2. The molecule has 0 aromatic heterocycles. The number of anilines is 1. The van der Waals surface area contributed by atoms with E-state index in [0.717, 1.165) is 36.5 Å². The Hall–Kier alpha value is -1.12. The number of nitrogens with zero attached hydrogens (tertiary/aromatic N) is 1. The second-order valence-corrected chi connectivity index (χ2v) is 6.72. The SMILES string of the molecule is CC(C)(C)C1C2CN(c3ccc(F)c(F)c3)CC21. The topological polar surface area (TPSA) is 3.24 Å². The third-order valence-corrected chi connectivity index (χ3v) is 4.46. The third-order valence-electron chi connectivity index (χ3n) is 4.46. The fourth-order valence-electron chi connectivity index (χ4n) is 3.70. The summed E-state index contributed by atoms with van der Waals surface area (Å²) in [7, 11) is 0. The van der Waals surface area contributed by atoms with Crippen LogP contribution < -0.4 is 4.90 Å². The van der Waals surface area contributed by atoms with E-state index in [1.807, 2.05) is 0 Å². The van der Waals surface area contributed by atoms with Crippen molar-refractivity contribution in [1.29, 1.82) is 0 Å². The summed E-state index contributed by atoms with van der Waals surface area (Å²) >= 11 is 0. The Morgan fingerprint density at radius 3 is 2.17 bits per heavy atom. The number of rotatable bonds is 1. The summed E-state index contributed by atoms with van der Waals surface area (Å²) in [6.07, 6.45) is 0. The predicted octanol–water partition coefficient (Wildman–Crippen LogP) is 3.69. The Morgan fingerprint density at radius 2 is 1.67 bits per heavy atom. The number of hydrogen-bond donors (Lipinski definition) is 0. The average Bonchev–Trinajstić information content (AvgIpc) is 2.81. The van der Waals surface area contributed by atoms with Crippen LogP contribution in [0.3, 0.4) is 0 Å². The fraction of sp³-hybridized carbons (Fsp3) is 0.600. The highest BCUT2D eigenvalue weighted by Crippen LogP contribution is 2.60.